The van der Waals surface area contributed by atoms with E-state index in [4.69, 9.17) is 0 Å². The molecule has 1 unspecified atom stereocenters. The largest absolute Gasteiger partial charge is 0.338 e. The quantitative estimate of drug-likeness (QED) is 0.635. The molecule has 0 radical (unpaired) electrons. The van der Waals surface area contributed by atoms with Crippen molar-refractivity contribution in [3.63, 3.8) is 0 Å². The van der Waals surface area contributed by atoms with Crippen LogP contribution in [-0.4, -0.2) is 22.4 Å². The molecule has 25 heavy (non-hydrogen) atoms. The third-order valence-corrected chi connectivity index (χ3v) is 4.65. The van der Waals surface area contributed by atoms with Crippen molar-refractivity contribution in [1.82, 2.24) is 20.4 Å². The van der Waals surface area contributed by atoms with Crippen LogP contribution in [0.3, 0.4) is 0 Å². The van der Waals surface area contributed by atoms with Gasteiger partial charge < -0.3 is 10.6 Å². The third-order valence-electron chi connectivity index (χ3n) is 3.72. The van der Waals surface area contributed by atoms with E-state index < -0.39 is 0 Å². The Bertz CT molecular complexity index is 772. The van der Waals surface area contributed by atoms with E-state index in [0.717, 1.165) is 23.4 Å². The molecule has 0 aliphatic carbocycles. The van der Waals surface area contributed by atoms with Gasteiger partial charge in [-0.1, -0.05) is 18.2 Å². The van der Waals surface area contributed by atoms with Gasteiger partial charge in [-0.25, -0.2) is 9.18 Å². The first-order chi connectivity index (χ1) is 12.2. The summed E-state index contributed by atoms with van der Waals surface area (Å²) >= 11 is 1.55. The lowest BCUT2D eigenvalue weighted by Gasteiger charge is -2.18. The fourth-order valence-electron chi connectivity index (χ4n) is 2.49. The number of thiophene rings is 1. The van der Waals surface area contributed by atoms with Gasteiger partial charge in [-0.05, 0) is 41.6 Å². The Morgan fingerprint density at radius 1 is 1.24 bits per heavy atom. The van der Waals surface area contributed by atoms with Gasteiger partial charge in [0.1, 0.15) is 5.82 Å². The van der Waals surface area contributed by atoms with Crippen molar-refractivity contribution in [3.8, 4) is 0 Å². The molecule has 130 valence electrons. The van der Waals surface area contributed by atoms with Crippen molar-refractivity contribution >= 4 is 17.4 Å². The number of amides is 2. The number of nitrogens with one attached hydrogen (secondary N) is 2. The Balaban J connectivity index is 1.56. The molecule has 0 saturated carbocycles. The first-order valence-electron chi connectivity index (χ1n) is 8.03. The number of aromatic nitrogens is 2. The first kappa shape index (κ1) is 17.2. The number of nitrogens with zero attached hydrogens (tertiary/aromatic N) is 2. The van der Waals surface area contributed by atoms with E-state index >= 15 is 0 Å². The van der Waals surface area contributed by atoms with Crippen molar-refractivity contribution in [2.24, 2.45) is 0 Å². The van der Waals surface area contributed by atoms with Crippen molar-refractivity contribution in [2.45, 2.75) is 19.0 Å². The molecule has 0 bridgehead atoms. The van der Waals surface area contributed by atoms with Crippen LogP contribution in [0.25, 0.3) is 0 Å². The summed E-state index contributed by atoms with van der Waals surface area (Å²) < 4.78 is 15.0. The van der Waals surface area contributed by atoms with Gasteiger partial charge in [-0.3, -0.25) is 4.68 Å². The number of carbonyl (C=O) groups is 1. The number of benzene rings is 1. The van der Waals surface area contributed by atoms with Crippen molar-refractivity contribution in [2.75, 3.05) is 6.54 Å². The number of carbonyl (C=O) groups excluding carboxylic acids is 1. The molecule has 2 aromatic heterocycles. The van der Waals surface area contributed by atoms with Gasteiger partial charge in [0.15, 0.2) is 0 Å². The van der Waals surface area contributed by atoms with Crippen LogP contribution in [0.5, 0.6) is 0 Å². The monoisotopic (exact) mass is 358 g/mol. The molecule has 3 aromatic rings. The second-order valence-electron chi connectivity index (χ2n) is 5.52. The SMILES string of the molecule is O=C(NCCCn1cccn1)NC(c1ccc(F)cc1)c1cccs1. The maximum absolute atomic E-state index is 13.2. The Morgan fingerprint density at radius 3 is 2.76 bits per heavy atom. The molecule has 2 N–H and O–H groups in total. The van der Waals surface area contributed by atoms with E-state index in [1.165, 1.54) is 12.1 Å². The fraction of sp³-hybridized carbons (Fsp3) is 0.222. The summed E-state index contributed by atoms with van der Waals surface area (Å²) in [6.45, 7) is 1.30. The highest BCUT2D eigenvalue weighted by atomic mass is 32.1. The van der Waals surface area contributed by atoms with Crippen LogP contribution in [0.4, 0.5) is 9.18 Å². The maximum atomic E-state index is 13.2. The second kappa shape index (κ2) is 8.43. The molecule has 7 heteroatoms. The highest BCUT2D eigenvalue weighted by Gasteiger charge is 2.17. The van der Waals surface area contributed by atoms with Gasteiger partial charge in [-0.15, -0.1) is 11.3 Å². The normalized spacial score (nSPS) is 11.9. The molecule has 0 spiro atoms. The number of halogens is 1. The second-order valence-corrected chi connectivity index (χ2v) is 6.50. The molecule has 2 amide bonds. The Hall–Kier alpha value is -2.67. The third kappa shape index (κ3) is 4.90. The molecule has 0 aliphatic heterocycles. The molecular weight excluding hydrogens is 339 g/mol. The average molecular weight is 358 g/mol. The molecule has 0 aliphatic rings. The molecule has 0 fully saturated rings. The lowest BCUT2D eigenvalue weighted by atomic mass is 10.1. The van der Waals surface area contributed by atoms with Crippen molar-refractivity contribution in [3.05, 3.63) is 76.5 Å². The predicted octanol–water partition coefficient (Wildman–Crippen LogP) is 3.56. The van der Waals surface area contributed by atoms with Crippen LogP contribution >= 0.6 is 11.3 Å². The van der Waals surface area contributed by atoms with Crippen molar-refractivity contribution in [1.29, 1.82) is 0 Å². The smallest absolute Gasteiger partial charge is 0.315 e. The minimum absolute atomic E-state index is 0.247. The topological polar surface area (TPSA) is 59.0 Å². The van der Waals surface area contributed by atoms with Gasteiger partial charge in [0.25, 0.3) is 0 Å². The molecule has 2 heterocycles. The van der Waals surface area contributed by atoms with Gasteiger partial charge in [0.2, 0.25) is 0 Å². The molecular formula is C18H19FN4OS. The summed E-state index contributed by atoms with van der Waals surface area (Å²) in [7, 11) is 0. The molecule has 5 nitrogen and oxygen atoms in total. The number of aryl methyl sites for hydroxylation is 1. The minimum atomic E-state index is -0.299. The minimum Gasteiger partial charge on any atom is -0.338 e. The first-order valence-corrected chi connectivity index (χ1v) is 8.91. The molecule has 3 rings (SSSR count). The Labute approximate surface area is 149 Å². The highest BCUT2D eigenvalue weighted by Crippen LogP contribution is 2.26. The molecule has 0 saturated heterocycles. The molecule has 1 atom stereocenters. The molecule has 1 aromatic carbocycles. The Kier molecular flexibility index (Phi) is 5.79. The standard InChI is InChI=1S/C18H19FN4OS/c19-15-7-5-14(6-8-15)17(16-4-1-13-25-16)22-18(24)20-9-2-11-23-12-3-10-21-23/h1,3-8,10,12-13,17H,2,9,11H2,(H2,20,22,24). The summed E-state index contributed by atoms with van der Waals surface area (Å²) in [5.41, 5.74) is 0.843. The van der Waals surface area contributed by atoms with E-state index in [2.05, 4.69) is 15.7 Å². The van der Waals surface area contributed by atoms with Crippen LogP contribution in [0, 0.1) is 5.82 Å². The van der Waals surface area contributed by atoms with E-state index in [1.807, 2.05) is 34.5 Å². The summed E-state index contributed by atoms with van der Waals surface area (Å²) in [6.07, 6.45) is 4.41. The maximum Gasteiger partial charge on any atom is 0.315 e. The van der Waals surface area contributed by atoms with Gasteiger partial charge in [-0.2, -0.15) is 5.10 Å². The summed E-state index contributed by atoms with van der Waals surface area (Å²) in [4.78, 5) is 13.2. The van der Waals surface area contributed by atoms with Gasteiger partial charge in [0, 0.05) is 30.4 Å². The number of hydrogen-bond donors (Lipinski definition) is 2. The number of hydrogen-bond acceptors (Lipinski definition) is 3. The van der Waals surface area contributed by atoms with E-state index in [9.17, 15) is 9.18 Å². The average Bonchev–Trinajstić information content (AvgIpc) is 3.31. The fourth-order valence-corrected chi connectivity index (χ4v) is 3.29. The van der Waals surface area contributed by atoms with Crippen molar-refractivity contribution < 1.29 is 9.18 Å². The van der Waals surface area contributed by atoms with Gasteiger partial charge >= 0.3 is 6.03 Å². The number of urea groups is 1. The highest BCUT2D eigenvalue weighted by molar-refractivity contribution is 7.10. The van der Waals surface area contributed by atoms with Crippen LogP contribution in [-0.2, 0) is 6.54 Å². The van der Waals surface area contributed by atoms with Crippen LogP contribution < -0.4 is 10.6 Å². The zero-order valence-corrected chi connectivity index (χ0v) is 14.4. The van der Waals surface area contributed by atoms with Crippen LogP contribution in [0.15, 0.2) is 60.2 Å². The van der Waals surface area contributed by atoms with E-state index in [0.29, 0.717) is 6.54 Å². The predicted molar refractivity (Wildman–Crippen MR) is 95.9 cm³/mol. The zero-order valence-electron chi connectivity index (χ0n) is 13.6. The van der Waals surface area contributed by atoms with Crippen LogP contribution in [0.2, 0.25) is 0 Å². The summed E-state index contributed by atoms with van der Waals surface area (Å²) in [5, 5.41) is 11.9. The van der Waals surface area contributed by atoms with Crippen LogP contribution in [0.1, 0.15) is 22.9 Å². The summed E-state index contributed by atoms with van der Waals surface area (Å²) in [6, 6.07) is 11.4. The number of rotatable bonds is 7. The van der Waals surface area contributed by atoms with E-state index in [-0.39, 0.29) is 17.9 Å². The lowest BCUT2D eigenvalue weighted by molar-refractivity contribution is 0.238. The zero-order chi connectivity index (χ0) is 17.5. The summed E-state index contributed by atoms with van der Waals surface area (Å²) in [5.74, 6) is -0.295. The van der Waals surface area contributed by atoms with E-state index in [1.54, 1.807) is 29.7 Å². The Morgan fingerprint density at radius 2 is 2.08 bits per heavy atom. The lowest BCUT2D eigenvalue weighted by Crippen LogP contribution is -2.38. The van der Waals surface area contributed by atoms with Gasteiger partial charge in [0.05, 0.1) is 6.04 Å².